The topological polar surface area (TPSA) is 73.5 Å². The van der Waals surface area contributed by atoms with Gasteiger partial charge >= 0.3 is 0 Å². The highest BCUT2D eigenvalue weighted by Crippen LogP contribution is 2.20. The van der Waals surface area contributed by atoms with Crippen LogP contribution in [-0.2, 0) is 17.7 Å². The van der Waals surface area contributed by atoms with Crippen LogP contribution < -0.4 is 5.32 Å². The molecule has 1 aromatic rings. The molecule has 0 bridgehead atoms. The minimum atomic E-state index is 0.0658. The second-order valence-electron chi connectivity index (χ2n) is 6.30. The molecule has 2 aliphatic heterocycles. The Bertz CT molecular complexity index is 545. The van der Waals surface area contributed by atoms with E-state index in [9.17, 15) is 4.79 Å². The fourth-order valence-corrected chi connectivity index (χ4v) is 3.52. The van der Waals surface area contributed by atoms with Gasteiger partial charge in [0, 0.05) is 70.1 Å². The second-order valence-corrected chi connectivity index (χ2v) is 6.30. The standard InChI is InChI=1S/C16H27N5O2/c1-3-12-11-21(7-6-20(12)8-9-23-2)16(22)15-13-10-17-5-4-14(13)18-19-15/h12,17H,3-11H2,1-2H3,(H,18,19). The Kier molecular flexibility index (Phi) is 5.30. The number of nitrogens with zero attached hydrogens (tertiary/aromatic N) is 3. The SMILES string of the molecule is CCC1CN(C(=O)c2n[nH]c3c2CNCC3)CCN1CCOC. The van der Waals surface area contributed by atoms with Crippen LogP contribution in [0.1, 0.15) is 35.1 Å². The molecule has 23 heavy (non-hydrogen) atoms. The van der Waals surface area contributed by atoms with Crippen molar-refractivity contribution in [3.05, 3.63) is 17.0 Å². The van der Waals surface area contributed by atoms with Crippen molar-refractivity contribution in [2.45, 2.75) is 32.4 Å². The van der Waals surface area contributed by atoms with Crippen molar-refractivity contribution in [3.63, 3.8) is 0 Å². The van der Waals surface area contributed by atoms with Crippen LogP contribution >= 0.6 is 0 Å². The zero-order valence-corrected chi connectivity index (χ0v) is 14.1. The van der Waals surface area contributed by atoms with E-state index in [0.29, 0.717) is 11.7 Å². The summed E-state index contributed by atoms with van der Waals surface area (Å²) in [6.45, 7) is 7.96. The van der Waals surface area contributed by atoms with Crippen LogP contribution in [0.4, 0.5) is 0 Å². The zero-order chi connectivity index (χ0) is 16.2. The zero-order valence-electron chi connectivity index (χ0n) is 14.1. The van der Waals surface area contributed by atoms with Crippen LogP contribution in [0.2, 0.25) is 0 Å². The van der Waals surface area contributed by atoms with Gasteiger partial charge in [0.1, 0.15) is 0 Å². The van der Waals surface area contributed by atoms with Crippen molar-refractivity contribution < 1.29 is 9.53 Å². The van der Waals surface area contributed by atoms with Gasteiger partial charge < -0.3 is 15.0 Å². The van der Waals surface area contributed by atoms with Gasteiger partial charge in [-0.2, -0.15) is 5.10 Å². The summed E-state index contributed by atoms with van der Waals surface area (Å²) in [5.41, 5.74) is 2.77. The number of H-pyrrole nitrogens is 1. The van der Waals surface area contributed by atoms with Crippen molar-refractivity contribution in [1.29, 1.82) is 0 Å². The van der Waals surface area contributed by atoms with Crippen LogP contribution in [-0.4, -0.2) is 78.4 Å². The van der Waals surface area contributed by atoms with Crippen LogP contribution in [0, 0.1) is 0 Å². The molecule has 2 aliphatic rings. The lowest BCUT2D eigenvalue weighted by atomic mass is 10.0. The van der Waals surface area contributed by atoms with Crippen LogP contribution in [0.3, 0.4) is 0 Å². The lowest BCUT2D eigenvalue weighted by molar-refractivity contribution is 0.0379. The first kappa shape index (κ1) is 16.4. The minimum absolute atomic E-state index is 0.0658. The molecule has 0 spiro atoms. The third-order valence-electron chi connectivity index (χ3n) is 4.95. The molecule has 1 amide bonds. The Balaban J connectivity index is 1.68. The average molecular weight is 321 g/mol. The number of rotatable bonds is 5. The number of piperazine rings is 1. The maximum absolute atomic E-state index is 12.9. The predicted molar refractivity (Wildman–Crippen MR) is 87.4 cm³/mol. The number of hydrogen-bond acceptors (Lipinski definition) is 5. The number of aromatic nitrogens is 2. The molecule has 0 radical (unpaired) electrons. The van der Waals surface area contributed by atoms with Gasteiger partial charge in [-0.25, -0.2) is 0 Å². The molecule has 1 unspecified atom stereocenters. The van der Waals surface area contributed by atoms with E-state index in [1.54, 1.807) is 7.11 Å². The summed E-state index contributed by atoms with van der Waals surface area (Å²) < 4.78 is 5.19. The molecule has 128 valence electrons. The highest BCUT2D eigenvalue weighted by Gasteiger charge is 2.31. The Labute approximate surface area is 137 Å². The number of hydrogen-bond donors (Lipinski definition) is 2. The largest absolute Gasteiger partial charge is 0.383 e. The van der Waals surface area contributed by atoms with Crippen molar-refractivity contribution in [2.24, 2.45) is 0 Å². The number of fused-ring (bicyclic) bond motifs is 1. The fraction of sp³-hybridized carbons (Fsp3) is 0.750. The lowest BCUT2D eigenvalue weighted by Gasteiger charge is -2.41. The molecule has 1 aromatic heterocycles. The molecule has 1 fully saturated rings. The molecule has 1 saturated heterocycles. The van der Waals surface area contributed by atoms with Gasteiger partial charge in [-0.3, -0.25) is 14.8 Å². The van der Waals surface area contributed by atoms with Crippen LogP contribution in [0.15, 0.2) is 0 Å². The van der Waals surface area contributed by atoms with Crippen LogP contribution in [0.25, 0.3) is 0 Å². The van der Waals surface area contributed by atoms with Gasteiger partial charge in [-0.1, -0.05) is 6.92 Å². The van der Waals surface area contributed by atoms with Crippen molar-refractivity contribution in [3.8, 4) is 0 Å². The highest BCUT2D eigenvalue weighted by molar-refractivity contribution is 5.94. The number of amides is 1. The molecule has 2 N–H and O–H groups in total. The summed E-state index contributed by atoms with van der Waals surface area (Å²) >= 11 is 0. The van der Waals surface area contributed by atoms with Gasteiger partial charge in [0.2, 0.25) is 0 Å². The minimum Gasteiger partial charge on any atom is -0.383 e. The number of ether oxygens (including phenoxy) is 1. The van der Waals surface area contributed by atoms with E-state index < -0.39 is 0 Å². The summed E-state index contributed by atoms with van der Waals surface area (Å²) in [4.78, 5) is 17.3. The third kappa shape index (κ3) is 3.41. The monoisotopic (exact) mass is 321 g/mol. The van der Waals surface area contributed by atoms with Gasteiger partial charge in [0.15, 0.2) is 5.69 Å². The lowest BCUT2D eigenvalue weighted by Crippen LogP contribution is -2.55. The number of nitrogens with one attached hydrogen (secondary N) is 2. The number of carbonyl (C=O) groups is 1. The third-order valence-corrected chi connectivity index (χ3v) is 4.95. The molecule has 0 aromatic carbocycles. The number of methoxy groups -OCH3 is 1. The Morgan fingerprint density at radius 3 is 3.09 bits per heavy atom. The molecule has 3 heterocycles. The van der Waals surface area contributed by atoms with Gasteiger partial charge in [-0.05, 0) is 6.42 Å². The first-order chi connectivity index (χ1) is 11.2. The summed E-state index contributed by atoms with van der Waals surface area (Å²) in [5, 5.41) is 10.7. The smallest absolute Gasteiger partial charge is 0.274 e. The first-order valence-electron chi connectivity index (χ1n) is 8.53. The van der Waals surface area contributed by atoms with E-state index in [4.69, 9.17) is 4.74 Å². The summed E-state index contributed by atoms with van der Waals surface area (Å²) in [7, 11) is 1.73. The van der Waals surface area contributed by atoms with Gasteiger partial charge in [0.25, 0.3) is 5.91 Å². The Hall–Kier alpha value is -1.44. The maximum atomic E-state index is 12.9. The second kappa shape index (κ2) is 7.42. The molecule has 1 atom stereocenters. The fourth-order valence-electron chi connectivity index (χ4n) is 3.52. The number of carbonyl (C=O) groups excluding carboxylic acids is 1. The molecule has 3 rings (SSSR count). The maximum Gasteiger partial charge on any atom is 0.274 e. The number of aromatic amines is 1. The Morgan fingerprint density at radius 2 is 2.30 bits per heavy atom. The van der Waals surface area contributed by atoms with Crippen LogP contribution in [0.5, 0.6) is 0 Å². The normalized spacial score (nSPS) is 22.2. The quantitative estimate of drug-likeness (QED) is 0.813. The molecule has 0 aliphatic carbocycles. The summed E-state index contributed by atoms with van der Waals surface area (Å²) in [6, 6.07) is 0.399. The van der Waals surface area contributed by atoms with Gasteiger partial charge in [-0.15, -0.1) is 0 Å². The van der Waals surface area contributed by atoms with Crippen molar-refractivity contribution in [2.75, 3.05) is 46.4 Å². The molecule has 0 saturated carbocycles. The Morgan fingerprint density at radius 1 is 1.43 bits per heavy atom. The van der Waals surface area contributed by atoms with Gasteiger partial charge in [0.05, 0.1) is 6.61 Å². The van der Waals surface area contributed by atoms with Crippen molar-refractivity contribution >= 4 is 5.91 Å². The van der Waals surface area contributed by atoms with Crippen molar-refractivity contribution in [1.82, 2.24) is 25.3 Å². The van der Waals surface area contributed by atoms with E-state index in [1.807, 2.05) is 4.90 Å². The predicted octanol–water partition coefficient (Wildman–Crippen LogP) is 0.238. The molecule has 7 heteroatoms. The van der Waals surface area contributed by atoms with E-state index >= 15 is 0 Å². The van der Waals surface area contributed by atoms with E-state index in [2.05, 4.69) is 27.3 Å². The highest BCUT2D eigenvalue weighted by atomic mass is 16.5. The first-order valence-corrected chi connectivity index (χ1v) is 8.53. The van der Waals surface area contributed by atoms with E-state index in [-0.39, 0.29) is 5.91 Å². The van der Waals surface area contributed by atoms with E-state index in [0.717, 1.165) is 70.0 Å². The summed E-state index contributed by atoms with van der Waals surface area (Å²) in [5.74, 6) is 0.0658. The van der Waals surface area contributed by atoms with E-state index in [1.165, 1.54) is 0 Å². The molecule has 7 nitrogen and oxygen atoms in total. The average Bonchev–Trinajstić information content (AvgIpc) is 3.03. The summed E-state index contributed by atoms with van der Waals surface area (Å²) in [6.07, 6.45) is 1.95. The molecular weight excluding hydrogens is 294 g/mol. The molecular formula is C16H27N5O2.